The van der Waals surface area contributed by atoms with Crippen LogP contribution in [0.4, 0.5) is 0 Å². The van der Waals surface area contributed by atoms with Crippen LogP contribution in [-0.2, 0) is 6.42 Å². The summed E-state index contributed by atoms with van der Waals surface area (Å²) in [6.07, 6.45) is 7.33. The van der Waals surface area contributed by atoms with Crippen LogP contribution in [0.5, 0.6) is 0 Å². The second kappa shape index (κ2) is 3.55. The largest absolute Gasteiger partial charge is 0.327 e. The molecule has 1 aromatic heterocycles. The molecule has 3 fully saturated rings. The lowest BCUT2D eigenvalue weighted by Gasteiger charge is -2.15. The van der Waals surface area contributed by atoms with Crippen LogP contribution in [0.2, 0.25) is 0 Å². The summed E-state index contributed by atoms with van der Waals surface area (Å²) >= 11 is 0. The lowest BCUT2D eigenvalue weighted by molar-refractivity contribution is 0.408. The summed E-state index contributed by atoms with van der Waals surface area (Å²) in [5.41, 5.74) is 7.58. The van der Waals surface area contributed by atoms with Gasteiger partial charge in [-0.15, -0.1) is 0 Å². The first-order chi connectivity index (χ1) is 8.34. The van der Waals surface area contributed by atoms with E-state index in [-0.39, 0.29) is 0 Å². The third-order valence-electron chi connectivity index (χ3n) is 5.46. The van der Waals surface area contributed by atoms with Gasteiger partial charge in [0.25, 0.3) is 0 Å². The summed E-state index contributed by atoms with van der Waals surface area (Å²) < 4.78 is 0. The van der Waals surface area contributed by atoms with Crippen molar-refractivity contribution in [2.75, 3.05) is 0 Å². The summed E-state index contributed by atoms with van der Waals surface area (Å²) in [4.78, 5) is 4.40. The first-order valence-electron chi connectivity index (χ1n) is 7.00. The Labute approximate surface area is 103 Å². The molecule has 0 saturated heterocycles. The molecular weight excluding hydrogens is 208 g/mol. The van der Waals surface area contributed by atoms with E-state index >= 15 is 0 Å². The van der Waals surface area contributed by atoms with E-state index in [1.165, 1.54) is 19.3 Å². The fourth-order valence-electron chi connectivity index (χ4n) is 4.86. The van der Waals surface area contributed by atoms with Gasteiger partial charge in [-0.1, -0.05) is 6.07 Å². The van der Waals surface area contributed by atoms with E-state index in [9.17, 15) is 0 Å². The van der Waals surface area contributed by atoms with Crippen molar-refractivity contribution >= 4 is 0 Å². The zero-order valence-electron chi connectivity index (χ0n) is 10.1. The molecule has 4 rings (SSSR count). The lowest BCUT2D eigenvalue weighted by Crippen LogP contribution is -2.28. The number of aromatic nitrogens is 1. The molecule has 0 amide bonds. The standard InChI is InChI=1S/C15H20N2/c16-12(8-11-3-1-2-6-17-11)15-13-9-4-5-10(7-9)14(13)15/h1-3,6,9-10,12-15H,4-5,7-8,16H2. The van der Waals surface area contributed by atoms with Gasteiger partial charge >= 0.3 is 0 Å². The second-order valence-corrected chi connectivity index (χ2v) is 6.25. The van der Waals surface area contributed by atoms with Gasteiger partial charge in [-0.05, 0) is 61.0 Å². The van der Waals surface area contributed by atoms with Crippen molar-refractivity contribution < 1.29 is 0 Å². The van der Waals surface area contributed by atoms with E-state index < -0.39 is 0 Å². The maximum absolute atomic E-state index is 6.41. The average Bonchev–Trinajstić information content (AvgIpc) is 2.80. The van der Waals surface area contributed by atoms with Crippen molar-refractivity contribution in [2.24, 2.45) is 35.3 Å². The first kappa shape index (κ1) is 10.1. The Kier molecular flexibility index (Phi) is 2.10. The molecule has 0 radical (unpaired) electrons. The van der Waals surface area contributed by atoms with Gasteiger partial charge in [0.15, 0.2) is 0 Å². The van der Waals surface area contributed by atoms with Gasteiger partial charge < -0.3 is 5.73 Å². The number of hydrogen-bond donors (Lipinski definition) is 1. The Balaban J connectivity index is 1.44. The topological polar surface area (TPSA) is 38.9 Å². The fraction of sp³-hybridized carbons (Fsp3) is 0.667. The van der Waals surface area contributed by atoms with Crippen LogP contribution in [0.1, 0.15) is 25.0 Å². The van der Waals surface area contributed by atoms with Crippen LogP contribution in [0.15, 0.2) is 24.4 Å². The molecule has 2 heteroatoms. The molecule has 5 unspecified atom stereocenters. The normalized spacial score (nSPS) is 43.5. The Bertz CT molecular complexity index is 400. The Morgan fingerprint density at radius 3 is 2.65 bits per heavy atom. The van der Waals surface area contributed by atoms with Gasteiger partial charge in [0.05, 0.1) is 0 Å². The number of fused-ring (bicyclic) bond motifs is 5. The summed E-state index contributed by atoms with van der Waals surface area (Å²) in [7, 11) is 0. The maximum Gasteiger partial charge on any atom is 0.0419 e. The smallest absolute Gasteiger partial charge is 0.0419 e. The van der Waals surface area contributed by atoms with Gasteiger partial charge in [-0.2, -0.15) is 0 Å². The molecule has 0 aliphatic heterocycles. The molecule has 2 bridgehead atoms. The van der Waals surface area contributed by atoms with Crippen molar-refractivity contribution in [1.82, 2.24) is 4.98 Å². The van der Waals surface area contributed by atoms with E-state index in [4.69, 9.17) is 5.73 Å². The molecule has 90 valence electrons. The van der Waals surface area contributed by atoms with Crippen molar-refractivity contribution in [3.05, 3.63) is 30.1 Å². The van der Waals surface area contributed by atoms with Gasteiger partial charge in [0.2, 0.25) is 0 Å². The second-order valence-electron chi connectivity index (χ2n) is 6.25. The van der Waals surface area contributed by atoms with E-state index in [2.05, 4.69) is 17.1 Å². The van der Waals surface area contributed by atoms with Gasteiger partial charge in [-0.3, -0.25) is 4.98 Å². The van der Waals surface area contributed by atoms with Crippen LogP contribution in [0.3, 0.4) is 0 Å². The highest BCUT2D eigenvalue weighted by Gasteiger charge is 2.65. The molecule has 5 atom stereocenters. The lowest BCUT2D eigenvalue weighted by atomic mass is 9.95. The molecule has 1 heterocycles. The number of nitrogens with zero attached hydrogens (tertiary/aromatic N) is 1. The van der Waals surface area contributed by atoms with Crippen LogP contribution >= 0.6 is 0 Å². The molecule has 2 N–H and O–H groups in total. The Hall–Kier alpha value is -0.890. The zero-order valence-corrected chi connectivity index (χ0v) is 10.1. The minimum Gasteiger partial charge on any atom is -0.327 e. The minimum atomic E-state index is 0.350. The van der Waals surface area contributed by atoms with E-state index in [1.807, 2.05) is 12.3 Å². The summed E-state index contributed by atoms with van der Waals surface area (Å²) in [6, 6.07) is 6.49. The fourth-order valence-corrected chi connectivity index (χ4v) is 4.86. The molecule has 17 heavy (non-hydrogen) atoms. The molecular formula is C15H20N2. The van der Waals surface area contributed by atoms with Crippen molar-refractivity contribution in [3.8, 4) is 0 Å². The highest BCUT2D eigenvalue weighted by Crippen LogP contribution is 2.70. The molecule has 3 saturated carbocycles. The van der Waals surface area contributed by atoms with Crippen LogP contribution < -0.4 is 5.73 Å². The van der Waals surface area contributed by atoms with Gasteiger partial charge in [0.1, 0.15) is 0 Å². The summed E-state index contributed by atoms with van der Waals surface area (Å²) in [5.74, 6) is 4.87. The third kappa shape index (κ3) is 1.46. The molecule has 0 aromatic carbocycles. The Morgan fingerprint density at radius 2 is 2.00 bits per heavy atom. The predicted molar refractivity (Wildman–Crippen MR) is 67.2 cm³/mol. The molecule has 1 aromatic rings. The number of nitrogens with two attached hydrogens (primary N) is 1. The molecule has 3 aliphatic carbocycles. The highest BCUT2D eigenvalue weighted by molar-refractivity contribution is 5.17. The van der Waals surface area contributed by atoms with Crippen molar-refractivity contribution in [3.63, 3.8) is 0 Å². The average molecular weight is 228 g/mol. The monoisotopic (exact) mass is 228 g/mol. The quantitative estimate of drug-likeness (QED) is 0.861. The third-order valence-corrected chi connectivity index (χ3v) is 5.46. The number of rotatable bonds is 3. The molecule has 3 aliphatic rings. The first-order valence-corrected chi connectivity index (χ1v) is 7.00. The summed E-state index contributed by atoms with van der Waals surface area (Å²) in [6.45, 7) is 0. The maximum atomic E-state index is 6.41. The van der Waals surface area contributed by atoms with Gasteiger partial charge in [-0.25, -0.2) is 0 Å². The van der Waals surface area contributed by atoms with E-state index in [0.29, 0.717) is 6.04 Å². The number of hydrogen-bond acceptors (Lipinski definition) is 2. The van der Waals surface area contributed by atoms with Gasteiger partial charge in [0, 0.05) is 24.4 Å². The van der Waals surface area contributed by atoms with Crippen molar-refractivity contribution in [1.29, 1.82) is 0 Å². The minimum absolute atomic E-state index is 0.350. The van der Waals surface area contributed by atoms with Crippen LogP contribution in [-0.4, -0.2) is 11.0 Å². The zero-order chi connectivity index (χ0) is 11.4. The summed E-state index contributed by atoms with van der Waals surface area (Å²) in [5, 5.41) is 0. The number of pyridine rings is 1. The highest BCUT2D eigenvalue weighted by atomic mass is 14.8. The van der Waals surface area contributed by atoms with Crippen LogP contribution in [0.25, 0.3) is 0 Å². The van der Waals surface area contributed by atoms with Crippen LogP contribution in [0, 0.1) is 29.6 Å². The van der Waals surface area contributed by atoms with Crippen molar-refractivity contribution in [2.45, 2.75) is 31.7 Å². The molecule has 0 spiro atoms. The Morgan fingerprint density at radius 1 is 1.24 bits per heavy atom. The van der Waals surface area contributed by atoms with E-state index in [1.54, 1.807) is 0 Å². The van der Waals surface area contributed by atoms with E-state index in [0.717, 1.165) is 41.7 Å². The SMILES string of the molecule is NC(Cc1ccccn1)C1C2C3CCC(C3)C12. The molecule has 2 nitrogen and oxygen atoms in total. The predicted octanol–water partition coefficient (Wildman–Crippen LogP) is 2.24.